The number of methoxy groups -OCH3 is 1. The van der Waals surface area contributed by atoms with Crippen molar-refractivity contribution >= 4 is 45.2 Å². The van der Waals surface area contributed by atoms with E-state index in [-0.39, 0.29) is 24.4 Å². The topological polar surface area (TPSA) is 128 Å². The van der Waals surface area contributed by atoms with Crippen molar-refractivity contribution in [2.45, 2.75) is 69.8 Å². The van der Waals surface area contributed by atoms with Crippen LogP contribution < -0.4 is 9.21 Å². The first-order valence-electron chi connectivity index (χ1n) is 13.4. The Balaban J connectivity index is 1.50. The summed E-state index contributed by atoms with van der Waals surface area (Å²) in [5.41, 5.74) is 5.02. The Bertz CT molecular complexity index is 1460. The lowest BCUT2D eigenvalue weighted by atomic mass is 9.85. The van der Waals surface area contributed by atoms with Gasteiger partial charge in [-0.2, -0.15) is 0 Å². The van der Waals surface area contributed by atoms with E-state index in [9.17, 15) is 23.8 Å². The Kier molecular flexibility index (Phi) is 6.47. The zero-order valence-electron chi connectivity index (χ0n) is 22.1. The molecule has 0 bridgehead atoms. The number of amides is 1. The van der Waals surface area contributed by atoms with Crippen molar-refractivity contribution in [1.82, 2.24) is 9.55 Å². The molecular formula is C28H34N4O6S. The molecule has 3 N–H and O–H groups in total. The van der Waals surface area contributed by atoms with Gasteiger partial charge in [0.25, 0.3) is 0 Å². The van der Waals surface area contributed by atoms with E-state index < -0.39 is 28.8 Å². The minimum Gasteiger partial charge on any atom is -0.481 e. The van der Waals surface area contributed by atoms with Crippen LogP contribution in [0.25, 0.3) is 11.0 Å². The van der Waals surface area contributed by atoms with E-state index in [2.05, 4.69) is 4.57 Å². The van der Waals surface area contributed by atoms with Gasteiger partial charge >= 0.3 is 12.1 Å². The highest BCUT2D eigenvalue weighted by Gasteiger charge is 2.37. The first kappa shape index (κ1) is 26.0. The Labute approximate surface area is 228 Å². The Morgan fingerprint density at radius 2 is 1.90 bits per heavy atom. The number of carboxylic acid groups (broad SMARTS) is 1. The summed E-state index contributed by atoms with van der Waals surface area (Å²) < 4.78 is 31.0. The predicted molar refractivity (Wildman–Crippen MR) is 150 cm³/mol. The van der Waals surface area contributed by atoms with E-state index in [4.69, 9.17) is 9.72 Å². The molecule has 6 rings (SSSR count). The van der Waals surface area contributed by atoms with Crippen LogP contribution >= 0.6 is 10.8 Å². The van der Waals surface area contributed by atoms with Crippen LogP contribution in [0.2, 0.25) is 0 Å². The first-order chi connectivity index (χ1) is 18.7. The van der Waals surface area contributed by atoms with Crippen LogP contribution in [0.1, 0.15) is 62.0 Å². The summed E-state index contributed by atoms with van der Waals surface area (Å²) in [6.45, 7) is 2.17. The zero-order valence-corrected chi connectivity index (χ0v) is 22.9. The first-order valence-corrected chi connectivity index (χ1v) is 15.1. The third-order valence-electron chi connectivity index (χ3n) is 8.51. The van der Waals surface area contributed by atoms with Gasteiger partial charge in [-0.05, 0) is 62.8 Å². The Hall–Kier alpha value is -3.28. The van der Waals surface area contributed by atoms with Gasteiger partial charge in [-0.3, -0.25) is 23.1 Å². The predicted octanol–water partition coefficient (Wildman–Crippen LogP) is 5.95. The number of para-hydroxylation sites is 1. The number of imidazole rings is 1. The van der Waals surface area contributed by atoms with Crippen LogP contribution in [0.3, 0.4) is 0 Å². The highest BCUT2D eigenvalue weighted by Crippen LogP contribution is 2.57. The number of fused-ring (bicyclic) bond motifs is 4. The summed E-state index contributed by atoms with van der Waals surface area (Å²) in [5.74, 6) is -0.395. The fourth-order valence-corrected chi connectivity index (χ4v) is 8.23. The minimum atomic E-state index is -3.09. The monoisotopic (exact) mass is 554 g/mol. The van der Waals surface area contributed by atoms with Gasteiger partial charge in [-0.25, -0.2) is 9.78 Å². The molecule has 11 heteroatoms. The summed E-state index contributed by atoms with van der Waals surface area (Å²) in [7, 11) is -1.71. The summed E-state index contributed by atoms with van der Waals surface area (Å²) in [6.07, 6.45) is 3.83. The van der Waals surface area contributed by atoms with Crippen LogP contribution in [0.15, 0.2) is 36.4 Å². The molecule has 1 saturated carbocycles. The number of carboxylic acids is 1. The van der Waals surface area contributed by atoms with Crippen molar-refractivity contribution < 1.29 is 28.5 Å². The average Bonchev–Trinajstić information content (AvgIpc) is 3.42. The maximum Gasteiger partial charge on any atom is 0.414 e. The van der Waals surface area contributed by atoms with Gasteiger partial charge in [0.15, 0.2) is 0 Å². The van der Waals surface area contributed by atoms with E-state index in [0.717, 1.165) is 59.2 Å². The minimum absolute atomic E-state index is 0.0206. The zero-order chi connectivity index (χ0) is 27.5. The van der Waals surface area contributed by atoms with Gasteiger partial charge in [-0.15, -0.1) is 10.8 Å². The number of aryl methyl sites for hydroxylation is 1. The second-order valence-corrected chi connectivity index (χ2v) is 12.8. The second-order valence-electron chi connectivity index (χ2n) is 10.9. The molecule has 1 unspecified atom stereocenters. The van der Waals surface area contributed by atoms with Crippen LogP contribution in [-0.2, 0) is 28.2 Å². The molecule has 3 aliphatic rings. The van der Waals surface area contributed by atoms with Crippen molar-refractivity contribution in [3.8, 4) is 0 Å². The van der Waals surface area contributed by atoms with Gasteiger partial charge in [0, 0.05) is 17.6 Å². The van der Waals surface area contributed by atoms with Crippen molar-refractivity contribution in [3.63, 3.8) is 0 Å². The number of aromatic nitrogens is 2. The van der Waals surface area contributed by atoms with E-state index in [1.165, 1.54) is 7.11 Å². The average molecular weight is 555 g/mol. The van der Waals surface area contributed by atoms with Crippen molar-refractivity contribution in [2.75, 3.05) is 16.3 Å². The molecule has 1 amide bonds. The fraction of sp³-hybridized carbons (Fsp3) is 0.464. The van der Waals surface area contributed by atoms with E-state index in [1.807, 2.05) is 43.3 Å². The highest BCUT2D eigenvalue weighted by molar-refractivity contribution is 8.25. The third kappa shape index (κ3) is 4.32. The van der Waals surface area contributed by atoms with Crippen LogP contribution in [0, 0.1) is 5.92 Å². The molecule has 1 aromatic heterocycles. The Morgan fingerprint density at radius 1 is 1.10 bits per heavy atom. The number of rotatable bonds is 4. The fourth-order valence-electron chi connectivity index (χ4n) is 6.60. The number of nitrogens with zero attached hydrogens (tertiary/aromatic N) is 4. The van der Waals surface area contributed by atoms with Gasteiger partial charge in [0.05, 0.1) is 47.7 Å². The molecule has 39 heavy (non-hydrogen) atoms. The Morgan fingerprint density at radius 3 is 2.67 bits per heavy atom. The number of aliphatic carboxylic acids is 1. The molecule has 3 heterocycles. The van der Waals surface area contributed by atoms with E-state index in [1.54, 1.807) is 9.21 Å². The van der Waals surface area contributed by atoms with Crippen molar-refractivity contribution in [1.29, 1.82) is 0 Å². The molecule has 0 saturated heterocycles. The molecule has 2 aliphatic heterocycles. The van der Waals surface area contributed by atoms with Gasteiger partial charge in [-0.1, -0.05) is 24.6 Å². The molecule has 0 radical (unpaired) electrons. The highest BCUT2D eigenvalue weighted by atomic mass is 32.3. The quantitative estimate of drug-likeness (QED) is 0.361. The molecule has 208 valence electrons. The molecule has 1 aliphatic carbocycles. The maximum absolute atomic E-state index is 12.7. The summed E-state index contributed by atoms with van der Waals surface area (Å²) in [6, 6.07) is 11.4. The number of anilines is 2. The lowest BCUT2D eigenvalue weighted by Gasteiger charge is -2.38. The van der Waals surface area contributed by atoms with Crippen LogP contribution in [0.5, 0.6) is 0 Å². The summed E-state index contributed by atoms with van der Waals surface area (Å²) >= 11 is 0. The number of carbonyl (C=O) groups is 2. The van der Waals surface area contributed by atoms with Crippen LogP contribution in [-0.4, -0.2) is 49.0 Å². The lowest BCUT2D eigenvalue weighted by molar-refractivity contribution is -0.143. The normalized spacial score (nSPS) is 24.8. The van der Waals surface area contributed by atoms with Crippen molar-refractivity contribution in [2.24, 2.45) is 5.92 Å². The maximum atomic E-state index is 12.7. The molecule has 10 nitrogen and oxygen atoms in total. The summed E-state index contributed by atoms with van der Waals surface area (Å²) in [5, 5.41) is 9.79. The number of hydrogen-bond acceptors (Lipinski definition) is 7. The standard InChI is InChI=1S/C28H34N4O6S/c1-17-10-11-21-23(31(17)28(35)38-2)12-13-24-26(21)29-25(32(24)20-8-5-7-18(14-20)27(33)34)15-30-22-9-4-3-6-19(22)16-39(30,36)37/h3-4,6,9,12-13,17-18,20,36-37H,5,7-8,10-11,14-16H2,1-2H3,(H,33,34)/t17?,18-,20-/m1/s1. The third-order valence-corrected chi connectivity index (χ3v) is 10.2. The number of ether oxygens (including phenoxy) is 1. The van der Waals surface area contributed by atoms with Crippen molar-refractivity contribution in [3.05, 3.63) is 53.3 Å². The number of hydrogen-bond donors (Lipinski definition) is 3. The van der Waals surface area contributed by atoms with E-state index >= 15 is 0 Å². The van der Waals surface area contributed by atoms with Gasteiger partial charge < -0.3 is 14.4 Å². The van der Waals surface area contributed by atoms with E-state index in [0.29, 0.717) is 18.7 Å². The number of carbonyl (C=O) groups excluding carboxylic acids is 1. The smallest absolute Gasteiger partial charge is 0.414 e. The molecule has 2 aromatic carbocycles. The largest absolute Gasteiger partial charge is 0.481 e. The van der Waals surface area contributed by atoms with Crippen LogP contribution in [0.4, 0.5) is 16.2 Å². The summed E-state index contributed by atoms with van der Waals surface area (Å²) in [4.78, 5) is 31.4. The van der Waals surface area contributed by atoms with Gasteiger partial charge in [0.1, 0.15) is 5.82 Å². The molecule has 3 atom stereocenters. The molecule has 1 fully saturated rings. The second kappa shape index (κ2) is 9.72. The molecule has 3 aromatic rings. The molecular weight excluding hydrogens is 520 g/mol. The SMILES string of the molecule is COC(=O)N1c2ccc3c(nc(CN4c5ccccc5CS4(O)O)n3[C@@H]3CCC[C@@H](C(=O)O)C3)c2CCC1C. The van der Waals surface area contributed by atoms with Gasteiger partial charge in [0.2, 0.25) is 0 Å². The number of benzene rings is 2. The lowest BCUT2D eigenvalue weighted by Crippen LogP contribution is -2.42. The molecule has 0 spiro atoms.